The number of thiophene rings is 2. The molecule has 0 fully saturated rings. The van der Waals surface area contributed by atoms with E-state index in [0.717, 1.165) is 54.7 Å². The van der Waals surface area contributed by atoms with Gasteiger partial charge in [0.05, 0.1) is 43.6 Å². The second-order valence-electron chi connectivity index (χ2n) is 8.40. The Hall–Kier alpha value is -2.01. The fraction of sp³-hybridized carbons (Fsp3) is 0. The van der Waals surface area contributed by atoms with Gasteiger partial charge in [-0.15, -0.1) is 22.7 Å². The Balaban J connectivity index is 1.42. The van der Waals surface area contributed by atoms with Crippen LogP contribution >= 0.6 is 86.4 Å². The largest absolute Gasteiger partial charge is 0.478 e. The van der Waals surface area contributed by atoms with E-state index >= 15 is 0 Å². The van der Waals surface area contributed by atoms with Crippen molar-refractivity contribution in [2.75, 3.05) is 0 Å². The maximum atomic E-state index is 11.0. The van der Waals surface area contributed by atoms with Crippen molar-refractivity contribution in [3.63, 3.8) is 0 Å². The van der Waals surface area contributed by atoms with Crippen LogP contribution in [0, 0.1) is 0 Å². The van der Waals surface area contributed by atoms with E-state index < -0.39 is 5.97 Å². The van der Waals surface area contributed by atoms with E-state index in [-0.39, 0.29) is 0 Å². The molecule has 0 saturated carbocycles. The normalized spacial score (nSPS) is 11.8. The fourth-order valence-corrected chi connectivity index (χ4v) is 10.0. The quantitative estimate of drug-likeness (QED) is 0.177. The molecule has 0 spiro atoms. The van der Waals surface area contributed by atoms with Crippen molar-refractivity contribution in [1.82, 2.24) is 4.57 Å². The number of rotatable bonds is 5. The zero-order chi connectivity index (χ0) is 26.6. The summed E-state index contributed by atoms with van der Waals surface area (Å²) in [5.74, 6) is -0.977. The predicted molar refractivity (Wildman–Crippen MR) is 175 cm³/mol. The zero-order valence-electron chi connectivity index (χ0n) is 19.2. The van der Waals surface area contributed by atoms with Crippen molar-refractivity contribution < 1.29 is 9.90 Å². The number of aliphatic carboxylic acids is 1. The molecule has 0 aliphatic carbocycles. The number of aromatic nitrogens is 1. The number of carboxylic acids is 1. The van der Waals surface area contributed by atoms with Crippen LogP contribution in [0.3, 0.4) is 0 Å². The molecule has 6 rings (SSSR count). The summed E-state index contributed by atoms with van der Waals surface area (Å²) in [4.78, 5) is 15.0. The third-order valence-corrected chi connectivity index (χ3v) is 14.0. The highest BCUT2D eigenvalue weighted by Gasteiger charge is 2.23. The van der Waals surface area contributed by atoms with Gasteiger partial charge in [-0.25, -0.2) is 4.79 Å². The van der Waals surface area contributed by atoms with Crippen LogP contribution in [0.25, 0.3) is 53.8 Å². The van der Waals surface area contributed by atoms with Crippen molar-refractivity contribution in [1.29, 1.82) is 0 Å². The number of nitrogens with zero attached hydrogens (tertiary/aromatic N) is 1. The van der Waals surface area contributed by atoms with Gasteiger partial charge < -0.3 is 9.67 Å². The molecule has 1 N–H and O–H groups in total. The molecule has 3 aromatic heterocycles. The Kier molecular flexibility index (Phi) is 7.26. The standard InChI is InChI=1S/C29H15Br4NO2S2/c30-23-21(13-14-22(35)36)37-28(24(23)31)29-26(33)25(32)27(38-29)15-9-11-16(12-10-15)34-19-7-3-1-5-17(19)18-6-2-4-8-20(18)34/h1-14H,(H,35,36)/b14-13-. The van der Waals surface area contributed by atoms with E-state index in [4.69, 9.17) is 5.11 Å². The number of carboxylic acid groups (broad SMARTS) is 1. The number of benzene rings is 3. The third kappa shape index (κ3) is 4.47. The summed E-state index contributed by atoms with van der Waals surface area (Å²) in [7, 11) is 0. The van der Waals surface area contributed by atoms with Crippen LogP contribution in [0.2, 0.25) is 0 Å². The molecule has 3 nitrogen and oxygen atoms in total. The lowest BCUT2D eigenvalue weighted by atomic mass is 10.1. The van der Waals surface area contributed by atoms with Gasteiger partial charge in [0, 0.05) is 27.4 Å². The average Bonchev–Trinajstić information content (AvgIpc) is 3.52. The molecule has 9 heteroatoms. The molecule has 6 aromatic rings. The molecule has 0 bridgehead atoms. The maximum absolute atomic E-state index is 11.0. The molecule has 3 aromatic carbocycles. The highest BCUT2D eigenvalue weighted by Crippen LogP contribution is 2.53. The second kappa shape index (κ2) is 10.5. The van der Waals surface area contributed by atoms with Gasteiger partial charge in [-0.1, -0.05) is 48.5 Å². The first-order chi connectivity index (χ1) is 18.3. The van der Waals surface area contributed by atoms with Gasteiger partial charge in [-0.05, 0) is 99.6 Å². The Morgan fingerprint density at radius 2 is 1.21 bits per heavy atom. The van der Waals surface area contributed by atoms with Gasteiger partial charge in [-0.3, -0.25) is 0 Å². The molecule has 0 radical (unpaired) electrons. The van der Waals surface area contributed by atoms with Gasteiger partial charge in [0.2, 0.25) is 0 Å². The first-order valence-corrected chi connectivity index (χ1v) is 16.1. The summed E-state index contributed by atoms with van der Waals surface area (Å²) in [6, 6.07) is 25.7. The summed E-state index contributed by atoms with van der Waals surface area (Å²) >= 11 is 18.1. The number of hydrogen-bond acceptors (Lipinski definition) is 3. The van der Waals surface area contributed by atoms with Crippen molar-refractivity contribution in [3.8, 4) is 25.9 Å². The van der Waals surface area contributed by atoms with Gasteiger partial charge in [-0.2, -0.15) is 0 Å². The lowest BCUT2D eigenvalue weighted by Gasteiger charge is -2.09. The minimum absolute atomic E-state index is 0.836. The van der Waals surface area contributed by atoms with Gasteiger partial charge >= 0.3 is 5.97 Å². The predicted octanol–water partition coefficient (Wildman–Crippen LogP) is 11.4. The summed E-state index contributed by atoms with van der Waals surface area (Å²) in [5, 5.41) is 11.5. The molecule has 0 saturated heterocycles. The molecule has 0 unspecified atom stereocenters. The third-order valence-electron chi connectivity index (χ3n) is 6.17. The molecular formula is C29H15Br4NO2S2. The monoisotopic (exact) mass is 789 g/mol. The molecule has 3 heterocycles. The minimum atomic E-state index is -0.977. The van der Waals surface area contributed by atoms with Crippen LogP contribution in [0.15, 0.2) is 96.8 Å². The van der Waals surface area contributed by atoms with Crippen LogP contribution in [-0.2, 0) is 4.79 Å². The van der Waals surface area contributed by atoms with Crippen LogP contribution in [0.4, 0.5) is 0 Å². The number of carbonyl (C=O) groups is 1. The Bertz CT molecular complexity index is 1840. The zero-order valence-corrected chi connectivity index (χ0v) is 27.2. The fourth-order valence-electron chi connectivity index (χ4n) is 4.49. The van der Waals surface area contributed by atoms with Gasteiger partial charge in [0.15, 0.2) is 0 Å². The molecule has 0 aliphatic rings. The Labute approximate surface area is 259 Å². The first kappa shape index (κ1) is 26.2. The minimum Gasteiger partial charge on any atom is -0.478 e. The average molecular weight is 793 g/mol. The number of fused-ring (bicyclic) bond motifs is 3. The summed E-state index contributed by atoms with van der Waals surface area (Å²) in [6.45, 7) is 0. The Morgan fingerprint density at radius 1 is 0.684 bits per heavy atom. The summed E-state index contributed by atoms with van der Waals surface area (Å²) in [6.07, 6.45) is 2.76. The highest BCUT2D eigenvalue weighted by atomic mass is 79.9. The van der Waals surface area contributed by atoms with Crippen LogP contribution in [0.1, 0.15) is 4.88 Å². The van der Waals surface area contributed by atoms with Crippen molar-refractivity contribution >= 4 is 120 Å². The number of halogens is 4. The highest BCUT2D eigenvalue weighted by molar-refractivity contribution is 9.13. The van der Waals surface area contributed by atoms with E-state index in [2.05, 4.69) is 141 Å². The van der Waals surface area contributed by atoms with Crippen molar-refractivity contribution in [3.05, 3.63) is 102 Å². The van der Waals surface area contributed by atoms with Crippen molar-refractivity contribution in [2.24, 2.45) is 0 Å². The molecule has 38 heavy (non-hydrogen) atoms. The topological polar surface area (TPSA) is 42.2 Å². The molecular weight excluding hydrogens is 778 g/mol. The summed E-state index contributed by atoms with van der Waals surface area (Å²) < 4.78 is 6.00. The lowest BCUT2D eigenvalue weighted by Crippen LogP contribution is -1.93. The van der Waals surface area contributed by atoms with Crippen LogP contribution in [0.5, 0.6) is 0 Å². The van der Waals surface area contributed by atoms with Gasteiger partial charge in [0.25, 0.3) is 0 Å². The van der Waals surface area contributed by atoms with E-state index in [0.29, 0.717) is 0 Å². The lowest BCUT2D eigenvalue weighted by molar-refractivity contribution is -0.131. The summed E-state index contributed by atoms with van der Waals surface area (Å²) in [5.41, 5.74) is 4.59. The molecule has 0 amide bonds. The maximum Gasteiger partial charge on any atom is 0.328 e. The molecule has 188 valence electrons. The molecule has 0 aliphatic heterocycles. The van der Waals surface area contributed by atoms with E-state index in [1.165, 1.54) is 33.1 Å². The smallest absolute Gasteiger partial charge is 0.328 e. The van der Waals surface area contributed by atoms with Crippen LogP contribution in [-0.4, -0.2) is 15.6 Å². The van der Waals surface area contributed by atoms with Crippen molar-refractivity contribution in [2.45, 2.75) is 0 Å². The second-order valence-corrected chi connectivity index (χ2v) is 13.6. The van der Waals surface area contributed by atoms with E-state index in [1.807, 2.05) is 0 Å². The van der Waals surface area contributed by atoms with E-state index in [9.17, 15) is 4.79 Å². The first-order valence-electron chi connectivity index (χ1n) is 11.3. The number of para-hydroxylation sites is 2. The SMILES string of the molecule is O=C(O)/C=C\c1sc(-c2sc(-c3ccc(-n4c5ccccc5c5ccccc54)cc3)c(Br)c2Br)c(Br)c1Br. The Morgan fingerprint density at radius 3 is 1.82 bits per heavy atom. The van der Waals surface area contributed by atoms with Gasteiger partial charge in [0.1, 0.15) is 0 Å². The number of hydrogen-bond donors (Lipinski definition) is 1. The molecule has 0 atom stereocenters. The van der Waals surface area contributed by atoms with Crippen LogP contribution < -0.4 is 0 Å². The van der Waals surface area contributed by atoms with E-state index in [1.54, 1.807) is 17.4 Å².